The third-order valence-corrected chi connectivity index (χ3v) is 6.60. The van der Waals surface area contributed by atoms with E-state index in [1.165, 1.54) is 38.4 Å². The summed E-state index contributed by atoms with van der Waals surface area (Å²) in [6.07, 6.45) is 3.94. The minimum Gasteiger partial charge on any atom is -0.493 e. The third-order valence-electron chi connectivity index (χ3n) is 6.60. The summed E-state index contributed by atoms with van der Waals surface area (Å²) in [5.41, 5.74) is 6.65. The Morgan fingerprint density at radius 3 is 2.00 bits per heavy atom. The summed E-state index contributed by atoms with van der Waals surface area (Å²) in [5, 5.41) is 3.92. The summed E-state index contributed by atoms with van der Waals surface area (Å²) in [6, 6.07) is 17.3. The molecule has 0 saturated carbocycles. The number of aromatic nitrogens is 1. The van der Waals surface area contributed by atoms with Crippen LogP contribution < -0.4 is 9.47 Å². The number of rotatable bonds is 2. The van der Waals surface area contributed by atoms with Gasteiger partial charge in [0.05, 0.1) is 18.7 Å². The maximum Gasteiger partial charge on any atom is 0.129 e. The first-order chi connectivity index (χ1) is 15.5. The van der Waals surface area contributed by atoms with Gasteiger partial charge in [0.15, 0.2) is 0 Å². The number of hydrogen-bond acceptors (Lipinski definition) is 3. The molecule has 0 fully saturated rings. The van der Waals surface area contributed by atoms with Crippen molar-refractivity contribution in [2.45, 2.75) is 52.4 Å². The smallest absolute Gasteiger partial charge is 0.129 e. The standard InChI is InChI=1S/C15H16O.C14H15NO/c1-10(2)12-6-7-14-15-11(8-9-16-14)4-3-5-13(12)15;1-9(2)11-3-4-12-13-10(6-8-16-12)5-7-15-14(11)13/h3-7,10H,8-9H2,1-2H3;3-5,7,9H,6,8H2,1-2H3. The number of hydrogen-bond donors (Lipinski definition) is 0. The van der Waals surface area contributed by atoms with Crippen LogP contribution in [0.15, 0.2) is 54.7 Å². The largest absolute Gasteiger partial charge is 0.493 e. The van der Waals surface area contributed by atoms with Crippen LogP contribution in [0.25, 0.3) is 21.7 Å². The molecule has 32 heavy (non-hydrogen) atoms. The van der Waals surface area contributed by atoms with Crippen molar-refractivity contribution in [2.24, 2.45) is 0 Å². The maximum atomic E-state index is 5.73. The zero-order valence-electron chi connectivity index (χ0n) is 19.4. The van der Waals surface area contributed by atoms with E-state index in [0.717, 1.165) is 43.1 Å². The van der Waals surface area contributed by atoms with Gasteiger partial charge in [0.25, 0.3) is 0 Å². The lowest BCUT2D eigenvalue weighted by Gasteiger charge is -2.21. The highest BCUT2D eigenvalue weighted by molar-refractivity contribution is 5.95. The van der Waals surface area contributed by atoms with Gasteiger partial charge in [-0.3, -0.25) is 4.98 Å². The summed E-state index contributed by atoms with van der Waals surface area (Å²) in [5.74, 6) is 3.11. The summed E-state index contributed by atoms with van der Waals surface area (Å²) < 4.78 is 11.4. The maximum absolute atomic E-state index is 5.73. The fourth-order valence-corrected chi connectivity index (χ4v) is 4.96. The van der Waals surface area contributed by atoms with Crippen LogP contribution in [-0.2, 0) is 12.8 Å². The average molecular weight is 426 g/mol. The molecule has 0 amide bonds. The van der Waals surface area contributed by atoms with Crippen LogP contribution in [0.1, 0.15) is 61.8 Å². The predicted octanol–water partition coefficient (Wildman–Crippen LogP) is 7.19. The monoisotopic (exact) mass is 425 g/mol. The van der Waals surface area contributed by atoms with Crippen LogP contribution >= 0.6 is 0 Å². The van der Waals surface area contributed by atoms with Crippen molar-refractivity contribution in [3.05, 3.63) is 77.0 Å². The van der Waals surface area contributed by atoms with E-state index in [2.05, 4.69) is 81.2 Å². The first kappa shape index (κ1) is 20.8. The SMILES string of the molecule is CC(C)c1ccc2c3c(cccc13)CCO2.CC(C)c1ccc2c3c(ccnc13)CCO2. The topological polar surface area (TPSA) is 31.4 Å². The van der Waals surface area contributed by atoms with Crippen LogP contribution in [0.2, 0.25) is 0 Å². The minimum atomic E-state index is 0.499. The summed E-state index contributed by atoms with van der Waals surface area (Å²) >= 11 is 0. The van der Waals surface area contributed by atoms with Crippen molar-refractivity contribution in [2.75, 3.05) is 13.2 Å². The van der Waals surface area contributed by atoms with Crippen LogP contribution in [0.5, 0.6) is 11.5 Å². The van der Waals surface area contributed by atoms with Crippen molar-refractivity contribution in [1.29, 1.82) is 0 Å². The summed E-state index contributed by atoms with van der Waals surface area (Å²) in [4.78, 5) is 4.53. The molecule has 1 aromatic heterocycles. The summed E-state index contributed by atoms with van der Waals surface area (Å²) in [7, 11) is 0. The van der Waals surface area contributed by atoms with E-state index >= 15 is 0 Å². The number of benzene rings is 3. The second-order valence-electron chi connectivity index (χ2n) is 9.35. The van der Waals surface area contributed by atoms with Gasteiger partial charge >= 0.3 is 0 Å². The molecule has 0 saturated heterocycles. The predicted molar refractivity (Wildman–Crippen MR) is 132 cm³/mol. The molecule has 0 spiro atoms. The molecule has 3 aromatic carbocycles. The second kappa shape index (κ2) is 8.46. The number of nitrogens with zero attached hydrogens (tertiary/aromatic N) is 1. The molecule has 3 nitrogen and oxygen atoms in total. The van der Waals surface area contributed by atoms with Gasteiger partial charge in [-0.05, 0) is 57.7 Å². The second-order valence-corrected chi connectivity index (χ2v) is 9.35. The Balaban J connectivity index is 0.000000135. The molecule has 0 bridgehead atoms. The molecule has 6 rings (SSSR count). The summed E-state index contributed by atoms with van der Waals surface area (Å²) in [6.45, 7) is 10.5. The minimum absolute atomic E-state index is 0.499. The van der Waals surface area contributed by atoms with E-state index < -0.39 is 0 Å². The average Bonchev–Trinajstić information content (AvgIpc) is 2.80. The molecule has 2 aliphatic heterocycles. The lowest BCUT2D eigenvalue weighted by Crippen LogP contribution is -2.09. The van der Waals surface area contributed by atoms with Gasteiger partial charge in [-0.15, -0.1) is 0 Å². The Kier molecular flexibility index (Phi) is 5.50. The Morgan fingerprint density at radius 1 is 0.688 bits per heavy atom. The first-order valence-corrected chi connectivity index (χ1v) is 11.7. The van der Waals surface area contributed by atoms with E-state index in [0.29, 0.717) is 11.8 Å². The fraction of sp³-hybridized carbons (Fsp3) is 0.345. The molecular formula is C29H31NO2. The van der Waals surface area contributed by atoms with Crippen LogP contribution in [0, 0.1) is 0 Å². The van der Waals surface area contributed by atoms with E-state index in [1.807, 2.05) is 6.20 Å². The van der Waals surface area contributed by atoms with Gasteiger partial charge in [-0.2, -0.15) is 0 Å². The fourth-order valence-electron chi connectivity index (χ4n) is 4.96. The molecule has 3 heterocycles. The highest BCUT2D eigenvalue weighted by Crippen LogP contribution is 2.37. The zero-order valence-corrected chi connectivity index (χ0v) is 19.4. The zero-order chi connectivity index (χ0) is 22.2. The molecule has 4 aromatic rings. The van der Waals surface area contributed by atoms with Crippen LogP contribution in [0.4, 0.5) is 0 Å². The van der Waals surface area contributed by atoms with Crippen molar-refractivity contribution in [3.8, 4) is 11.5 Å². The molecular weight excluding hydrogens is 394 g/mol. The number of pyridine rings is 1. The molecule has 3 heteroatoms. The quantitative estimate of drug-likeness (QED) is 0.340. The molecule has 164 valence electrons. The highest BCUT2D eigenvalue weighted by Gasteiger charge is 2.18. The van der Waals surface area contributed by atoms with Crippen molar-refractivity contribution in [3.63, 3.8) is 0 Å². The van der Waals surface area contributed by atoms with Crippen LogP contribution in [-0.4, -0.2) is 18.2 Å². The van der Waals surface area contributed by atoms with Gasteiger partial charge in [-0.25, -0.2) is 0 Å². The van der Waals surface area contributed by atoms with E-state index in [4.69, 9.17) is 9.47 Å². The Bertz CT molecular complexity index is 1170. The van der Waals surface area contributed by atoms with Crippen molar-refractivity contribution < 1.29 is 9.47 Å². The lowest BCUT2D eigenvalue weighted by molar-refractivity contribution is 0.318. The Morgan fingerprint density at radius 2 is 1.31 bits per heavy atom. The molecule has 0 unspecified atom stereocenters. The van der Waals surface area contributed by atoms with Crippen LogP contribution in [0.3, 0.4) is 0 Å². The van der Waals surface area contributed by atoms with E-state index in [1.54, 1.807) is 0 Å². The lowest BCUT2D eigenvalue weighted by atomic mass is 9.91. The van der Waals surface area contributed by atoms with Crippen molar-refractivity contribution >= 4 is 21.7 Å². The van der Waals surface area contributed by atoms with Gasteiger partial charge < -0.3 is 9.47 Å². The van der Waals surface area contributed by atoms with Gasteiger partial charge in [-0.1, -0.05) is 58.0 Å². The first-order valence-electron chi connectivity index (χ1n) is 11.7. The van der Waals surface area contributed by atoms with Crippen molar-refractivity contribution in [1.82, 2.24) is 4.98 Å². The number of ether oxygens (including phenoxy) is 2. The molecule has 0 atom stereocenters. The molecule has 0 N–H and O–H groups in total. The highest BCUT2D eigenvalue weighted by atomic mass is 16.5. The van der Waals surface area contributed by atoms with Gasteiger partial charge in [0.2, 0.25) is 0 Å². The van der Waals surface area contributed by atoms with E-state index in [-0.39, 0.29) is 0 Å². The Labute approximate surface area is 190 Å². The molecule has 0 aliphatic carbocycles. The molecule has 2 aliphatic rings. The van der Waals surface area contributed by atoms with Gasteiger partial charge in [0.1, 0.15) is 11.5 Å². The van der Waals surface area contributed by atoms with Gasteiger partial charge in [0, 0.05) is 29.8 Å². The van der Waals surface area contributed by atoms with E-state index in [9.17, 15) is 0 Å². The molecule has 0 radical (unpaired) electrons. The normalized spacial score (nSPS) is 14.2. The third kappa shape index (κ3) is 3.60. The Hall–Kier alpha value is -3.07.